The zero-order chi connectivity index (χ0) is 13.6. The molecule has 1 aromatic heterocycles. The number of nitrogens with zero attached hydrogens (tertiary/aromatic N) is 3. The summed E-state index contributed by atoms with van der Waals surface area (Å²) in [5.41, 5.74) is 5.82. The molecule has 1 atom stereocenters. The van der Waals surface area contributed by atoms with Gasteiger partial charge in [0.05, 0.1) is 6.20 Å². The molecule has 0 aromatic carbocycles. The number of piperidine rings is 1. The molecule has 0 amide bonds. The molecule has 2 N–H and O–H groups in total. The van der Waals surface area contributed by atoms with Gasteiger partial charge in [-0.05, 0) is 11.8 Å². The molecule has 1 fully saturated rings. The van der Waals surface area contributed by atoms with E-state index in [4.69, 9.17) is 5.73 Å². The second-order valence-electron chi connectivity index (χ2n) is 5.57. The van der Waals surface area contributed by atoms with E-state index in [0.29, 0.717) is 19.5 Å². The van der Waals surface area contributed by atoms with Gasteiger partial charge in [-0.25, -0.2) is 8.42 Å². The molecule has 0 saturated carbocycles. The summed E-state index contributed by atoms with van der Waals surface area (Å²) in [4.78, 5) is 0.247. The van der Waals surface area contributed by atoms with Crippen molar-refractivity contribution in [2.24, 2.45) is 18.2 Å². The number of nitrogens with two attached hydrogens (primary N) is 1. The highest BCUT2D eigenvalue weighted by molar-refractivity contribution is 7.89. The van der Waals surface area contributed by atoms with Crippen molar-refractivity contribution in [1.29, 1.82) is 0 Å². The third-order valence-electron chi connectivity index (χ3n) is 3.60. The number of hydrogen-bond acceptors (Lipinski definition) is 4. The lowest BCUT2D eigenvalue weighted by atomic mass is 9.81. The fraction of sp³-hybridized carbons (Fsp3) is 0.727. The summed E-state index contributed by atoms with van der Waals surface area (Å²) in [6.45, 7) is 4.93. The van der Waals surface area contributed by atoms with Crippen LogP contribution in [-0.4, -0.2) is 41.6 Å². The first kappa shape index (κ1) is 13.5. The van der Waals surface area contributed by atoms with E-state index in [9.17, 15) is 8.42 Å². The molecule has 2 rings (SSSR count). The number of rotatable bonds is 2. The van der Waals surface area contributed by atoms with E-state index in [1.165, 1.54) is 21.4 Å². The summed E-state index contributed by atoms with van der Waals surface area (Å²) in [7, 11) is -1.74. The Labute approximate surface area is 108 Å². The van der Waals surface area contributed by atoms with E-state index in [2.05, 4.69) is 5.10 Å². The molecule has 102 valence electrons. The smallest absolute Gasteiger partial charge is 0.246 e. The number of hydrogen-bond donors (Lipinski definition) is 1. The predicted octanol–water partition coefficient (Wildman–Crippen LogP) is 0.168. The van der Waals surface area contributed by atoms with Crippen LogP contribution in [0.5, 0.6) is 0 Å². The van der Waals surface area contributed by atoms with Crippen LogP contribution in [0.3, 0.4) is 0 Å². The lowest BCUT2D eigenvalue weighted by Gasteiger charge is -2.41. The van der Waals surface area contributed by atoms with Crippen molar-refractivity contribution in [3.63, 3.8) is 0 Å². The fourth-order valence-corrected chi connectivity index (χ4v) is 3.82. The molecule has 18 heavy (non-hydrogen) atoms. The van der Waals surface area contributed by atoms with Gasteiger partial charge >= 0.3 is 0 Å². The number of aryl methyl sites for hydroxylation is 1. The first-order valence-electron chi connectivity index (χ1n) is 5.98. The lowest BCUT2D eigenvalue weighted by molar-refractivity contribution is 0.155. The molecular formula is C11H20N4O2S. The van der Waals surface area contributed by atoms with Crippen LogP contribution in [0.2, 0.25) is 0 Å². The molecule has 7 heteroatoms. The Bertz CT molecular complexity index is 535. The van der Waals surface area contributed by atoms with E-state index in [-0.39, 0.29) is 16.4 Å². The monoisotopic (exact) mass is 272 g/mol. The maximum absolute atomic E-state index is 12.4. The van der Waals surface area contributed by atoms with Gasteiger partial charge in [0.15, 0.2) is 0 Å². The van der Waals surface area contributed by atoms with Gasteiger partial charge in [0.2, 0.25) is 10.0 Å². The van der Waals surface area contributed by atoms with Crippen LogP contribution in [-0.2, 0) is 17.1 Å². The minimum Gasteiger partial charge on any atom is -0.327 e. The summed E-state index contributed by atoms with van der Waals surface area (Å²) < 4.78 is 27.9. The molecule has 2 heterocycles. The highest BCUT2D eigenvalue weighted by Gasteiger charge is 2.39. The zero-order valence-electron chi connectivity index (χ0n) is 11.0. The van der Waals surface area contributed by atoms with E-state index in [1.54, 1.807) is 7.05 Å². The van der Waals surface area contributed by atoms with Crippen molar-refractivity contribution in [2.75, 3.05) is 13.1 Å². The van der Waals surface area contributed by atoms with Crippen molar-refractivity contribution in [3.05, 3.63) is 12.4 Å². The molecule has 0 radical (unpaired) electrons. The maximum atomic E-state index is 12.4. The van der Waals surface area contributed by atoms with Gasteiger partial charge in [-0.2, -0.15) is 9.40 Å². The average Bonchev–Trinajstić information content (AvgIpc) is 2.69. The van der Waals surface area contributed by atoms with Crippen molar-refractivity contribution >= 4 is 10.0 Å². The summed E-state index contributed by atoms with van der Waals surface area (Å²) in [6.07, 6.45) is 3.60. The normalized spacial score (nSPS) is 25.2. The van der Waals surface area contributed by atoms with Gasteiger partial charge in [-0.1, -0.05) is 13.8 Å². The van der Waals surface area contributed by atoms with Crippen molar-refractivity contribution < 1.29 is 8.42 Å². The van der Waals surface area contributed by atoms with Crippen molar-refractivity contribution in [1.82, 2.24) is 14.1 Å². The molecular weight excluding hydrogens is 252 g/mol. The second kappa shape index (κ2) is 4.32. The van der Waals surface area contributed by atoms with E-state index < -0.39 is 10.0 Å². The fourth-order valence-electron chi connectivity index (χ4n) is 2.21. The molecule has 0 bridgehead atoms. The molecule has 1 aromatic rings. The van der Waals surface area contributed by atoms with Crippen molar-refractivity contribution in [2.45, 2.75) is 31.2 Å². The van der Waals surface area contributed by atoms with Gasteiger partial charge in [0.25, 0.3) is 0 Å². The van der Waals surface area contributed by atoms with Crippen LogP contribution < -0.4 is 5.73 Å². The number of sulfonamides is 1. The minimum atomic E-state index is -3.44. The van der Waals surface area contributed by atoms with E-state index >= 15 is 0 Å². The molecule has 1 unspecified atom stereocenters. The van der Waals surface area contributed by atoms with Crippen LogP contribution in [0.1, 0.15) is 20.3 Å². The molecule has 6 nitrogen and oxygen atoms in total. The summed E-state index contributed by atoms with van der Waals surface area (Å²) in [6, 6.07) is 0.0397. The van der Waals surface area contributed by atoms with Crippen LogP contribution in [0.15, 0.2) is 17.3 Å². The zero-order valence-corrected chi connectivity index (χ0v) is 11.8. The van der Waals surface area contributed by atoms with Gasteiger partial charge in [0.1, 0.15) is 4.90 Å². The Morgan fingerprint density at radius 1 is 1.50 bits per heavy atom. The van der Waals surface area contributed by atoms with E-state index in [1.807, 2.05) is 13.8 Å². The minimum absolute atomic E-state index is 0.0397. The van der Waals surface area contributed by atoms with Crippen LogP contribution in [0.25, 0.3) is 0 Å². The van der Waals surface area contributed by atoms with Gasteiger partial charge in [-0.15, -0.1) is 0 Å². The van der Waals surface area contributed by atoms with Crippen LogP contribution in [0, 0.1) is 5.41 Å². The highest BCUT2D eigenvalue weighted by atomic mass is 32.2. The summed E-state index contributed by atoms with van der Waals surface area (Å²) >= 11 is 0. The van der Waals surface area contributed by atoms with Crippen LogP contribution in [0.4, 0.5) is 0 Å². The highest BCUT2D eigenvalue weighted by Crippen LogP contribution is 2.30. The number of aromatic nitrogens is 2. The van der Waals surface area contributed by atoms with Gasteiger partial charge in [-0.3, -0.25) is 4.68 Å². The lowest BCUT2D eigenvalue weighted by Crippen LogP contribution is -2.53. The Hall–Kier alpha value is -0.920. The first-order chi connectivity index (χ1) is 8.23. The van der Waals surface area contributed by atoms with Gasteiger partial charge in [0, 0.05) is 32.4 Å². The quantitative estimate of drug-likeness (QED) is 0.832. The van der Waals surface area contributed by atoms with Gasteiger partial charge < -0.3 is 5.73 Å². The molecule has 1 saturated heterocycles. The summed E-state index contributed by atoms with van der Waals surface area (Å²) in [5, 5.41) is 3.92. The Morgan fingerprint density at radius 3 is 2.67 bits per heavy atom. The maximum Gasteiger partial charge on any atom is 0.246 e. The first-order valence-corrected chi connectivity index (χ1v) is 7.42. The largest absolute Gasteiger partial charge is 0.327 e. The van der Waals surface area contributed by atoms with Crippen molar-refractivity contribution in [3.8, 4) is 0 Å². The summed E-state index contributed by atoms with van der Waals surface area (Å²) in [5.74, 6) is 0. The molecule has 1 aliphatic heterocycles. The molecule has 0 spiro atoms. The average molecular weight is 272 g/mol. The Morgan fingerprint density at radius 2 is 2.17 bits per heavy atom. The standard InChI is InChI=1S/C11H20N4O2S/c1-11(2)8-15(5-4-10(11)12)18(16,17)9-6-13-14(3)7-9/h6-7,10H,4-5,8,12H2,1-3H3. The Kier molecular flexibility index (Phi) is 3.25. The molecule has 0 aliphatic carbocycles. The second-order valence-corrected chi connectivity index (χ2v) is 7.51. The SMILES string of the molecule is Cn1cc(S(=O)(=O)N2CCC(N)C(C)(C)C2)cn1. The predicted molar refractivity (Wildman–Crippen MR) is 68.3 cm³/mol. The van der Waals surface area contributed by atoms with Crippen LogP contribution >= 0.6 is 0 Å². The third-order valence-corrected chi connectivity index (χ3v) is 5.39. The Balaban J connectivity index is 2.27. The third kappa shape index (κ3) is 2.30. The van der Waals surface area contributed by atoms with E-state index in [0.717, 1.165) is 0 Å². The topological polar surface area (TPSA) is 81.2 Å². The molecule has 1 aliphatic rings.